The number of rotatable bonds is 8. The predicted molar refractivity (Wildman–Crippen MR) is 152 cm³/mol. The summed E-state index contributed by atoms with van der Waals surface area (Å²) in [6.07, 6.45) is 2.11. The van der Waals surface area contributed by atoms with Crippen molar-refractivity contribution < 1.29 is 19.1 Å². The van der Waals surface area contributed by atoms with Crippen LogP contribution in [0.4, 0.5) is 10.1 Å². The van der Waals surface area contributed by atoms with Gasteiger partial charge in [-0.25, -0.2) is 9.37 Å². The molecule has 1 N–H and O–H groups in total. The summed E-state index contributed by atoms with van der Waals surface area (Å²) < 4.78 is 13.3. The smallest absolute Gasteiger partial charge is 0.303 e. The van der Waals surface area contributed by atoms with Gasteiger partial charge >= 0.3 is 5.97 Å². The molecular weight excluding hydrogens is 517 g/mol. The minimum absolute atomic E-state index is 0.0274. The third kappa shape index (κ3) is 6.37. The summed E-state index contributed by atoms with van der Waals surface area (Å²) in [4.78, 5) is 33.3. The van der Waals surface area contributed by atoms with Gasteiger partial charge in [0, 0.05) is 59.8 Å². The number of carboxylic acids is 1. The van der Waals surface area contributed by atoms with Crippen molar-refractivity contribution in [3.8, 4) is 11.3 Å². The molecule has 200 valence electrons. The molecule has 0 saturated carbocycles. The van der Waals surface area contributed by atoms with E-state index in [0.29, 0.717) is 49.6 Å². The van der Waals surface area contributed by atoms with Crippen LogP contribution in [0, 0.1) is 5.82 Å². The number of carboxylic acid groups (broad SMARTS) is 1. The molecule has 39 heavy (non-hydrogen) atoms. The lowest BCUT2D eigenvalue weighted by atomic mass is 9.98. The number of nitrogens with zero attached hydrogens (tertiary/aromatic N) is 3. The highest BCUT2D eigenvalue weighted by Crippen LogP contribution is 2.29. The molecule has 0 unspecified atom stereocenters. The van der Waals surface area contributed by atoms with Gasteiger partial charge in [0.1, 0.15) is 5.82 Å². The van der Waals surface area contributed by atoms with E-state index in [2.05, 4.69) is 11.0 Å². The molecule has 5 rings (SSSR count). The van der Waals surface area contributed by atoms with E-state index < -0.39 is 5.97 Å². The van der Waals surface area contributed by atoms with Crippen molar-refractivity contribution in [3.05, 3.63) is 94.8 Å². The summed E-state index contributed by atoms with van der Waals surface area (Å²) >= 11 is 6.09. The standard InChI is InChI=1S/C31H29ClFN3O3/c32-25-8-5-21(6-9-25)30-22(3-1-2-4-29(37)38)19-24-20-23(7-14-28(24)34-30)31(39)36-17-15-35(16-18-36)27-12-10-26(33)11-13-27/h5-14,19-20H,1-4,15-18H2,(H,37,38). The van der Waals surface area contributed by atoms with Crippen LogP contribution >= 0.6 is 11.6 Å². The minimum atomic E-state index is -0.800. The number of halogens is 2. The Balaban J connectivity index is 1.36. The van der Waals surface area contributed by atoms with Crippen molar-refractivity contribution in [3.63, 3.8) is 0 Å². The van der Waals surface area contributed by atoms with Crippen LogP contribution in [0.1, 0.15) is 35.2 Å². The van der Waals surface area contributed by atoms with Crippen LogP contribution in [-0.2, 0) is 11.2 Å². The molecule has 4 aromatic rings. The van der Waals surface area contributed by atoms with Crippen molar-refractivity contribution in [2.75, 3.05) is 31.1 Å². The highest BCUT2D eigenvalue weighted by molar-refractivity contribution is 6.30. The summed E-state index contributed by atoms with van der Waals surface area (Å²) in [6.45, 7) is 2.52. The molecule has 0 radical (unpaired) electrons. The largest absolute Gasteiger partial charge is 0.481 e. The molecule has 1 fully saturated rings. The molecule has 1 aromatic heterocycles. The summed E-state index contributed by atoms with van der Waals surface area (Å²) in [5.74, 6) is -1.09. The maximum absolute atomic E-state index is 13.4. The molecule has 1 saturated heterocycles. The van der Waals surface area contributed by atoms with Gasteiger partial charge in [0.25, 0.3) is 5.91 Å². The SMILES string of the molecule is O=C(O)CCCCc1cc2cc(C(=O)N3CCN(c4ccc(F)cc4)CC3)ccc2nc1-c1ccc(Cl)cc1. The first-order valence-corrected chi connectivity index (χ1v) is 13.5. The fraction of sp³-hybridized carbons (Fsp3) is 0.258. The van der Waals surface area contributed by atoms with Gasteiger partial charge in [-0.1, -0.05) is 23.7 Å². The number of pyridine rings is 1. The van der Waals surface area contributed by atoms with E-state index in [1.807, 2.05) is 47.4 Å². The minimum Gasteiger partial charge on any atom is -0.481 e. The van der Waals surface area contributed by atoms with Gasteiger partial charge in [0.2, 0.25) is 0 Å². The molecule has 1 aliphatic heterocycles. The first kappa shape index (κ1) is 26.6. The van der Waals surface area contributed by atoms with Crippen molar-refractivity contribution >= 4 is 40.1 Å². The first-order valence-electron chi connectivity index (χ1n) is 13.1. The number of hydrogen-bond acceptors (Lipinski definition) is 4. The average Bonchev–Trinajstić information content (AvgIpc) is 2.95. The molecular formula is C31H29ClFN3O3. The molecule has 0 atom stereocenters. The third-order valence-electron chi connectivity index (χ3n) is 7.10. The fourth-order valence-electron chi connectivity index (χ4n) is 5.00. The van der Waals surface area contributed by atoms with Crippen molar-refractivity contribution in [1.82, 2.24) is 9.88 Å². The number of amides is 1. The summed E-state index contributed by atoms with van der Waals surface area (Å²) in [7, 11) is 0. The van der Waals surface area contributed by atoms with Gasteiger partial charge in [-0.15, -0.1) is 0 Å². The lowest BCUT2D eigenvalue weighted by molar-refractivity contribution is -0.137. The number of benzene rings is 3. The van der Waals surface area contributed by atoms with E-state index in [4.69, 9.17) is 21.7 Å². The second-order valence-corrected chi connectivity index (χ2v) is 10.2. The van der Waals surface area contributed by atoms with Crippen molar-refractivity contribution in [2.24, 2.45) is 0 Å². The van der Waals surface area contributed by atoms with Gasteiger partial charge in [-0.3, -0.25) is 9.59 Å². The van der Waals surface area contributed by atoms with E-state index in [1.165, 1.54) is 12.1 Å². The summed E-state index contributed by atoms with van der Waals surface area (Å²) in [6, 6.07) is 21.6. The summed E-state index contributed by atoms with van der Waals surface area (Å²) in [5, 5.41) is 10.5. The van der Waals surface area contributed by atoms with Crippen LogP contribution in [0.3, 0.4) is 0 Å². The second kappa shape index (κ2) is 11.8. The molecule has 8 heteroatoms. The molecule has 0 bridgehead atoms. The van der Waals surface area contributed by atoms with Crippen molar-refractivity contribution in [2.45, 2.75) is 25.7 Å². The van der Waals surface area contributed by atoms with Gasteiger partial charge in [-0.05, 0) is 85.5 Å². The highest BCUT2D eigenvalue weighted by atomic mass is 35.5. The van der Waals surface area contributed by atoms with Gasteiger partial charge < -0.3 is 14.9 Å². The lowest BCUT2D eigenvalue weighted by Gasteiger charge is -2.36. The average molecular weight is 546 g/mol. The quantitative estimate of drug-likeness (QED) is 0.257. The van der Waals surface area contributed by atoms with Crippen LogP contribution in [0.15, 0.2) is 72.8 Å². The van der Waals surface area contributed by atoms with E-state index in [9.17, 15) is 14.0 Å². The normalized spacial score (nSPS) is 13.6. The Bertz CT molecular complexity index is 1480. The zero-order chi connectivity index (χ0) is 27.4. The number of anilines is 1. The number of fused-ring (bicyclic) bond motifs is 1. The monoisotopic (exact) mass is 545 g/mol. The Morgan fingerprint density at radius 1 is 0.897 bits per heavy atom. The van der Waals surface area contributed by atoms with E-state index in [1.54, 1.807) is 12.1 Å². The second-order valence-electron chi connectivity index (χ2n) is 9.77. The number of unbranched alkanes of at least 4 members (excludes halogenated alkanes) is 1. The Hall–Kier alpha value is -3.97. The fourth-order valence-corrected chi connectivity index (χ4v) is 5.12. The van der Waals surface area contributed by atoms with Crippen LogP contribution in [-0.4, -0.2) is 53.0 Å². The van der Waals surface area contributed by atoms with Crippen LogP contribution < -0.4 is 4.90 Å². The van der Waals surface area contributed by atoms with Gasteiger partial charge in [0.05, 0.1) is 11.2 Å². The number of carbonyl (C=O) groups excluding carboxylic acids is 1. The Morgan fingerprint density at radius 3 is 2.31 bits per heavy atom. The maximum atomic E-state index is 13.4. The number of hydrogen-bond donors (Lipinski definition) is 1. The van der Waals surface area contributed by atoms with Crippen LogP contribution in [0.2, 0.25) is 5.02 Å². The maximum Gasteiger partial charge on any atom is 0.303 e. The number of aromatic nitrogens is 1. The molecule has 1 amide bonds. The molecule has 1 aliphatic rings. The summed E-state index contributed by atoms with van der Waals surface area (Å²) in [5.41, 5.74) is 5.13. The molecule has 3 aromatic carbocycles. The van der Waals surface area contributed by atoms with Crippen molar-refractivity contribution in [1.29, 1.82) is 0 Å². The topological polar surface area (TPSA) is 73.7 Å². The number of aryl methyl sites for hydroxylation is 1. The molecule has 0 spiro atoms. The zero-order valence-corrected chi connectivity index (χ0v) is 22.2. The first-order chi connectivity index (χ1) is 18.9. The number of piperazine rings is 1. The van der Waals surface area contributed by atoms with Crippen LogP contribution in [0.5, 0.6) is 0 Å². The molecule has 0 aliphatic carbocycles. The predicted octanol–water partition coefficient (Wildman–Crippen LogP) is 6.45. The van der Waals surface area contributed by atoms with E-state index in [0.717, 1.165) is 39.8 Å². The molecule has 6 nitrogen and oxygen atoms in total. The third-order valence-corrected chi connectivity index (χ3v) is 7.36. The Morgan fingerprint density at radius 2 is 1.62 bits per heavy atom. The number of carbonyl (C=O) groups is 2. The van der Waals surface area contributed by atoms with E-state index >= 15 is 0 Å². The highest BCUT2D eigenvalue weighted by Gasteiger charge is 2.23. The van der Waals surface area contributed by atoms with Gasteiger partial charge in [-0.2, -0.15) is 0 Å². The van der Waals surface area contributed by atoms with Gasteiger partial charge in [0.15, 0.2) is 0 Å². The molecule has 2 heterocycles. The van der Waals surface area contributed by atoms with E-state index in [-0.39, 0.29) is 18.1 Å². The van der Waals surface area contributed by atoms with Crippen LogP contribution in [0.25, 0.3) is 22.2 Å². The zero-order valence-electron chi connectivity index (χ0n) is 21.4. The number of aliphatic carboxylic acids is 1. The lowest BCUT2D eigenvalue weighted by Crippen LogP contribution is -2.48. The Labute approximate surface area is 231 Å². The Kier molecular flexibility index (Phi) is 8.07.